The standard InChI is InChI=1S/C19H24BrNO4/c1-4-24-17(22)11-7-8-14-13(3)21(12-18(23)25-5-2)19-15(14)9-6-10-16(19)20/h6,9-10H,4-5,7-8,11-12H2,1-3H3. The van der Waals surface area contributed by atoms with Gasteiger partial charge in [-0.05, 0) is 61.2 Å². The molecule has 0 aliphatic rings. The molecule has 0 spiro atoms. The van der Waals surface area contributed by atoms with Crippen molar-refractivity contribution in [2.75, 3.05) is 13.2 Å². The summed E-state index contributed by atoms with van der Waals surface area (Å²) < 4.78 is 13.0. The number of nitrogens with zero attached hydrogens (tertiary/aromatic N) is 1. The van der Waals surface area contributed by atoms with Gasteiger partial charge in [0.2, 0.25) is 0 Å². The lowest BCUT2D eigenvalue weighted by Crippen LogP contribution is -2.14. The first kappa shape index (κ1) is 19.5. The fourth-order valence-corrected chi connectivity index (χ4v) is 3.63. The van der Waals surface area contributed by atoms with E-state index in [0.717, 1.165) is 33.1 Å². The average Bonchev–Trinajstić information content (AvgIpc) is 2.82. The van der Waals surface area contributed by atoms with Crippen molar-refractivity contribution in [2.45, 2.75) is 46.6 Å². The minimum Gasteiger partial charge on any atom is -0.466 e. The van der Waals surface area contributed by atoms with Crippen LogP contribution in [-0.2, 0) is 32.0 Å². The van der Waals surface area contributed by atoms with E-state index in [1.165, 1.54) is 0 Å². The quantitative estimate of drug-likeness (QED) is 0.614. The Morgan fingerprint density at radius 1 is 1.12 bits per heavy atom. The highest BCUT2D eigenvalue weighted by molar-refractivity contribution is 9.10. The summed E-state index contributed by atoms with van der Waals surface area (Å²) in [6.07, 6.45) is 1.87. The number of fused-ring (bicyclic) bond motifs is 1. The van der Waals surface area contributed by atoms with Gasteiger partial charge in [0.05, 0.1) is 18.7 Å². The van der Waals surface area contributed by atoms with Gasteiger partial charge in [-0.1, -0.05) is 12.1 Å². The Bertz CT molecular complexity index is 766. The lowest BCUT2D eigenvalue weighted by Gasteiger charge is -2.09. The number of esters is 2. The van der Waals surface area contributed by atoms with E-state index in [1.54, 1.807) is 6.92 Å². The van der Waals surface area contributed by atoms with E-state index >= 15 is 0 Å². The van der Waals surface area contributed by atoms with Crippen LogP contribution >= 0.6 is 15.9 Å². The van der Waals surface area contributed by atoms with Crippen LogP contribution in [0.25, 0.3) is 10.9 Å². The molecule has 0 fully saturated rings. The van der Waals surface area contributed by atoms with Gasteiger partial charge in [0, 0.05) is 22.0 Å². The van der Waals surface area contributed by atoms with E-state index in [1.807, 2.05) is 30.5 Å². The summed E-state index contributed by atoms with van der Waals surface area (Å²) in [4.78, 5) is 23.5. The van der Waals surface area contributed by atoms with Crippen molar-refractivity contribution in [3.8, 4) is 0 Å². The van der Waals surface area contributed by atoms with Crippen molar-refractivity contribution < 1.29 is 19.1 Å². The third-order valence-electron chi connectivity index (χ3n) is 4.13. The van der Waals surface area contributed by atoms with E-state index in [0.29, 0.717) is 26.1 Å². The van der Waals surface area contributed by atoms with Crippen LogP contribution in [0.4, 0.5) is 0 Å². The van der Waals surface area contributed by atoms with Crippen molar-refractivity contribution in [1.29, 1.82) is 0 Å². The number of para-hydroxylation sites is 1. The molecule has 2 aromatic rings. The third kappa shape index (κ3) is 4.63. The van der Waals surface area contributed by atoms with Crippen molar-refractivity contribution in [3.63, 3.8) is 0 Å². The molecule has 6 heteroatoms. The molecule has 1 aromatic carbocycles. The van der Waals surface area contributed by atoms with Crippen molar-refractivity contribution >= 4 is 38.8 Å². The largest absolute Gasteiger partial charge is 0.466 e. The monoisotopic (exact) mass is 409 g/mol. The number of benzene rings is 1. The summed E-state index contributed by atoms with van der Waals surface area (Å²) in [5.41, 5.74) is 3.17. The molecule has 2 rings (SSSR count). The summed E-state index contributed by atoms with van der Waals surface area (Å²) in [7, 11) is 0. The Kier molecular flexibility index (Phi) is 7.05. The van der Waals surface area contributed by atoms with E-state index < -0.39 is 0 Å². The SMILES string of the molecule is CCOC(=O)CCCc1c(C)n(CC(=O)OCC)c2c(Br)cccc12. The van der Waals surface area contributed by atoms with Gasteiger partial charge in [0.15, 0.2) is 0 Å². The summed E-state index contributed by atoms with van der Waals surface area (Å²) in [5.74, 6) is -0.423. The summed E-state index contributed by atoms with van der Waals surface area (Å²) in [6, 6.07) is 6.00. The van der Waals surface area contributed by atoms with E-state index in [-0.39, 0.29) is 18.5 Å². The van der Waals surface area contributed by atoms with Gasteiger partial charge in [-0.25, -0.2) is 0 Å². The fourth-order valence-electron chi connectivity index (χ4n) is 3.05. The maximum atomic E-state index is 12.0. The van der Waals surface area contributed by atoms with Gasteiger partial charge in [-0.2, -0.15) is 0 Å². The van der Waals surface area contributed by atoms with Gasteiger partial charge in [-0.15, -0.1) is 0 Å². The molecular formula is C19H24BrNO4. The molecule has 0 aliphatic carbocycles. The van der Waals surface area contributed by atoms with Gasteiger partial charge < -0.3 is 14.0 Å². The lowest BCUT2D eigenvalue weighted by atomic mass is 10.0. The number of halogens is 1. The minimum absolute atomic E-state index is 0.170. The van der Waals surface area contributed by atoms with Gasteiger partial charge >= 0.3 is 11.9 Å². The molecule has 0 radical (unpaired) electrons. The van der Waals surface area contributed by atoms with Gasteiger partial charge in [0.25, 0.3) is 0 Å². The number of aromatic nitrogens is 1. The molecule has 1 heterocycles. The fraction of sp³-hybridized carbons (Fsp3) is 0.474. The number of ether oxygens (including phenoxy) is 2. The Morgan fingerprint density at radius 3 is 2.48 bits per heavy atom. The molecule has 0 aliphatic heterocycles. The number of rotatable bonds is 8. The van der Waals surface area contributed by atoms with Crippen LogP contribution in [0.3, 0.4) is 0 Å². The first-order valence-electron chi connectivity index (χ1n) is 8.57. The van der Waals surface area contributed by atoms with Crippen molar-refractivity contribution in [3.05, 3.63) is 33.9 Å². The van der Waals surface area contributed by atoms with Crippen LogP contribution in [0.5, 0.6) is 0 Å². The predicted molar refractivity (Wildman–Crippen MR) is 101 cm³/mol. The van der Waals surface area contributed by atoms with E-state index in [4.69, 9.17) is 9.47 Å². The number of carbonyl (C=O) groups is 2. The number of hydrogen-bond donors (Lipinski definition) is 0. The molecule has 0 atom stereocenters. The molecule has 0 amide bonds. The zero-order chi connectivity index (χ0) is 18.4. The Hall–Kier alpha value is -1.82. The number of aryl methyl sites for hydroxylation is 1. The average molecular weight is 410 g/mol. The van der Waals surface area contributed by atoms with Gasteiger partial charge in [0.1, 0.15) is 6.54 Å². The van der Waals surface area contributed by atoms with Crippen LogP contribution < -0.4 is 0 Å². The molecular weight excluding hydrogens is 386 g/mol. The molecule has 0 saturated carbocycles. The Labute approximate surface area is 156 Å². The molecule has 1 aromatic heterocycles. The number of hydrogen-bond acceptors (Lipinski definition) is 4. The van der Waals surface area contributed by atoms with E-state index in [2.05, 4.69) is 22.0 Å². The van der Waals surface area contributed by atoms with Crippen LogP contribution in [0.2, 0.25) is 0 Å². The number of carbonyl (C=O) groups excluding carboxylic acids is 2. The highest BCUT2D eigenvalue weighted by atomic mass is 79.9. The lowest BCUT2D eigenvalue weighted by molar-refractivity contribution is -0.144. The van der Waals surface area contributed by atoms with E-state index in [9.17, 15) is 9.59 Å². The minimum atomic E-state index is -0.253. The van der Waals surface area contributed by atoms with Crippen molar-refractivity contribution in [1.82, 2.24) is 4.57 Å². The molecule has 136 valence electrons. The first-order chi connectivity index (χ1) is 12.0. The second-order valence-corrected chi connectivity index (χ2v) is 6.60. The van der Waals surface area contributed by atoms with Crippen LogP contribution in [0.1, 0.15) is 37.9 Å². The van der Waals surface area contributed by atoms with Gasteiger partial charge in [-0.3, -0.25) is 9.59 Å². The highest BCUT2D eigenvalue weighted by Crippen LogP contribution is 2.32. The summed E-state index contributed by atoms with van der Waals surface area (Å²) in [6.45, 7) is 6.56. The van der Waals surface area contributed by atoms with Crippen LogP contribution in [0.15, 0.2) is 22.7 Å². The summed E-state index contributed by atoms with van der Waals surface area (Å²) >= 11 is 3.59. The topological polar surface area (TPSA) is 57.5 Å². The first-order valence-corrected chi connectivity index (χ1v) is 9.36. The summed E-state index contributed by atoms with van der Waals surface area (Å²) in [5, 5.41) is 1.10. The Balaban J connectivity index is 2.30. The third-order valence-corrected chi connectivity index (χ3v) is 4.77. The zero-order valence-corrected chi connectivity index (χ0v) is 16.5. The molecule has 0 unspecified atom stereocenters. The zero-order valence-electron chi connectivity index (χ0n) is 14.9. The van der Waals surface area contributed by atoms with Crippen molar-refractivity contribution in [2.24, 2.45) is 0 Å². The predicted octanol–water partition coefficient (Wildman–Crippen LogP) is 4.16. The molecule has 0 bridgehead atoms. The normalized spacial score (nSPS) is 10.9. The second kappa shape index (κ2) is 9.04. The maximum absolute atomic E-state index is 12.0. The highest BCUT2D eigenvalue weighted by Gasteiger charge is 2.18. The molecule has 0 N–H and O–H groups in total. The Morgan fingerprint density at radius 2 is 1.80 bits per heavy atom. The molecule has 0 saturated heterocycles. The molecule has 25 heavy (non-hydrogen) atoms. The molecule has 5 nitrogen and oxygen atoms in total. The maximum Gasteiger partial charge on any atom is 0.325 e. The second-order valence-electron chi connectivity index (χ2n) is 5.75. The van der Waals surface area contributed by atoms with Crippen LogP contribution in [-0.4, -0.2) is 29.7 Å². The van der Waals surface area contributed by atoms with Crippen LogP contribution in [0, 0.1) is 6.92 Å². The smallest absolute Gasteiger partial charge is 0.325 e.